The number of aryl methyl sites for hydroxylation is 1. The zero-order chi connectivity index (χ0) is 13.1. The first-order valence-corrected chi connectivity index (χ1v) is 8.05. The van der Waals surface area contributed by atoms with Gasteiger partial charge in [0.15, 0.2) is 0 Å². The Balaban J connectivity index is 2.70. The summed E-state index contributed by atoms with van der Waals surface area (Å²) in [7, 11) is 0.0336. The maximum absolute atomic E-state index is 2.40. The van der Waals surface area contributed by atoms with E-state index in [-0.39, 0.29) is 7.92 Å². The fraction of sp³-hybridized carbons (Fsp3) is 0.625. The molecule has 0 N–H and O–H groups in total. The Bertz CT molecular complexity index is 313. The quantitative estimate of drug-likeness (QED) is 0.638. The van der Waals surface area contributed by atoms with Crippen LogP contribution < -0.4 is 0 Å². The first-order chi connectivity index (χ1) is 7.71. The van der Waals surface area contributed by atoms with Crippen LogP contribution in [-0.4, -0.2) is 16.5 Å². The van der Waals surface area contributed by atoms with E-state index in [1.165, 1.54) is 18.1 Å². The van der Waals surface area contributed by atoms with Gasteiger partial charge in [-0.2, -0.15) is 0 Å². The van der Waals surface area contributed by atoms with Gasteiger partial charge in [0.2, 0.25) is 0 Å². The molecule has 0 nitrogen and oxygen atoms in total. The largest absolute Gasteiger partial charge is 0.0953 e. The van der Waals surface area contributed by atoms with E-state index in [0.29, 0.717) is 10.3 Å². The lowest BCUT2D eigenvalue weighted by molar-refractivity contribution is 0.702. The minimum Gasteiger partial charge on any atom is -0.0953 e. The molecule has 0 saturated carbocycles. The van der Waals surface area contributed by atoms with E-state index in [4.69, 9.17) is 0 Å². The van der Waals surface area contributed by atoms with Crippen molar-refractivity contribution >= 4 is 7.92 Å². The third-order valence-corrected chi connectivity index (χ3v) is 7.00. The van der Waals surface area contributed by atoms with Gasteiger partial charge in [0, 0.05) is 0 Å². The molecule has 0 bridgehead atoms. The molecule has 96 valence electrons. The minimum absolute atomic E-state index is 0.0336. The van der Waals surface area contributed by atoms with Crippen LogP contribution in [0.2, 0.25) is 0 Å². The van der Waals surface area contributed by atoms with Crippen molar-refractivity contribution < 1.29 is 0 Å². The normalized spacial score (nSPS) is 13.1. The van der Waals surface area contributed by atoms with Gasteiger partial charge in [-0.15, -0.1) is 0 Å². The van der Waals surface area contributed by atoms with Crippen molar-refractivity contribution in [2.24, 2.45) is 0 Å². The maximum atomic E-state index is 2.40. The minimum atomic E-state index is 0.0336. The molecule has 0 unspecified atom stereocenters. The second-order valence-electron chi connectivity index (χ2n) is 6.73. The number of hydrogen-bond acceptors (Lipinski definition) is 0. The lowest BCUT2D eigenvalue weighted by Crippen LogP contribution is -2.27. The highest BCUT2D eigenvalue weighted by Gasteiger charge is 2.33. The van der Waals surface area contributed by atoms with Gasteiger partial charge < -0.3 is 0 Å². The molecular weight excluding hydrogens is 223 g/mol. The Morgan fingerprint density at radius 3 is 1.71 bits per heavy atom. The third-order valence-electron chi connectivity index (χ3n) is 3.09. The van der Waals surface area contributed by atoms with Crippen molar-refractivity contribution in [3.8, 4) is 0 Å². The molecular formula is C16H27P. The van der Waals surface area contributed by atoms with Crippen LogP contribution in [0.1, 0.15) is 47.1 Å². The van der Waals surface area contributed by atoms with Crippen LogP contribution in [0.15, 0.2) is 30.3 Å². The van der Waals surface area contributed by atoms with E-state index in [0.717, 1.165) is 0 Å². The molecule has 0 fully saturated rings. The van der Waals surface area contributed by atoms with Crippen LogP contribution in [0.3, 0.4) is 0 Å². The smallest absolute Gasteiger partial charge is 0.0174 e. The molecule has 0 aliphatic rings. The summed E-state index contributed by atoms with van der Waals surface area (Å²) in [6, 6.07) is 10.9. The fourth-order valence-corrected chi connectivity index (χ4v) is 6.40. The van der Waals surface area contributed by atoms with Crippen LogP contribution in [0, 0.1) is 0 Å². The highest BCUT2D eigenvalue weighted by molar-refractivity contribution is 7.60. The first-order valence-electron chi connectivity index (χ1n) is 6.53. The van der Waals surface area contributed by atoms with Crippen LogP contribution in [0.5, 0.6) is 0 Å². The monoisotopic (exact) mass is 250 g/mol. The Kier molecular flexibility index (Phi) is 4.78. The highest BCUT2D eigenvalue weighted by Crippen LogP contribution is 2.59. The molecule has 0 amide bonds. The van der Waals surface area contributed by atoms with Crippen LogP contribution >= 0.6 is 7.92 Å². The molecule has 0 spiro atoms. The van der Waals surface area contributed by atoms with Crippen molar-refractivity contribution in [3.05, 3.63) is 35.9 Å². The second-order valence-corrected chi connectivity index (χ2v) is 10.7. The van der Waals surface area contributed by atoms with Gasteiger partial charge >= 0.3 is 0 Å². The molecule has 0 saturated heterocycles. The predicted molar refractivity (Wildman–Crippen MR) is 81.4 cm³/mol. The van der Waals surface area contributed by atoms with Gasteiger partial charge in [0.05, 0.1) is 0 Å². The number of benzene rings is 1. The zero-order valence-electron chi connectivity index (χ0n) is 12.2. The van der Waals surface area contributed by atoms with Gasteiger partial charge in [-0.05, 0) is 28.5 Å². The predicted octanol–water partition coefficient (Wildman–Crippen LogP) is 5.31. The van der Waals surface area contributed by atoms with Crippen molar-refractivity contribution in [1.29, 1.82) is 0 Å². The molecule has 0 aromatic heterocycles. The van der Waals surface area contributed by atoms with Gasteiger partial charge in [0.25, 0.3) is 0 Å². The summed E-state index contributed by atoms with van der Waals surface area (Å²) >= 11 is 0. The highest BCUT2D eigenvalue weighted by atomic mass is 31.1. The summed E-state index contributed by atoms with van der Waals surface area (Å²) in [6.45, 7) is 14.4. The maximum Gasteiger partial charge on any atom is -0.0174 e. The van der Waals surface area contributed by atoms with Crippen molar-refractivity contribution in [2.75, 3.05) is 6.16 Å². The molecule has 0 aliphatic carbocycles. The van der Waals surface area contributed by atoms with E-state index in [2.05, 4.69) is 71.9 Å². The molecule has 1 rings (SSSR count). The molecule has 17 heavy (non-hydrogen) atoms. The van der Waals surface area contributed by atoms with E-state index < -0.39 is 0 Å². The van der Waals surface area contributed by atoms with Gasteiger partial charge in [0.1, 0.15) is 0 Å². The molecule has 1 aromatic carbocycles. The average Bonchev–Trinajstić information content (AvgIpc) is 2.15. The molecule has 0 aliphatic heterocycles. The first kappa shape index (κ1) is 14.7. The zero-order valence-corrected chi connectivity index (χ0v) is 13.1. The lowest BCUT2D eigenvalue weighted by atomic mass is 10.2. The van der Waals surface area contributed by atoms with Crippen LogP contribution in [0.25, 0.3) is 0 Å². The van der Waals surface area contributed by atoms with Crippen LogP contribution in [-0.2, 0) is 6.42 Å². The summed E-state index contributed by atoms with van der Waals surface area (Å²) in [5.74, 6) is 0. The summed E-state index contributed by atoms with van der Waals surface area (Å²) < 4.78 is 0. The average molecular weight is 250 g/mol. The van der Waals surface area contributed by atoms with Crippen molar-refractivity contribution in [1.82, 2.24) is 0 Å². The lowest BCUT2D eigenvalue weighted by Gasteiger charge is -2.41. The molecule has 1 aromatic rings. The fourth-order valence-electron chi connectivity index (χ4n) is 2.56. The van der Waals surface area contributed by atoms with E-state index >= 15 is 0 Å². The Hall–Kier alpha value is -0.350. The molecule has 0 atom stereocenters. The topological polar surface area (TPSA) is 0 Å². The van der Waals surface area contributed by atoms with Gasteiger partial charge in [-0.25, -0.2) is 0 Å². The Morgan fingerprint density at radius 2 is 1.29 bits per heavy atom. The second kappa shape index (κ2) is 5.53. The standard InChI is InChI=1S/C16H27P/c1-15(2,3)17(16(4,5)6)13-12-14-10-8-7-9-11-14/h7-11H,12-13H2,1-6H3. The van der Waals surface area contributed by atoms with Gasteiger partial charge in [-0.1, -0.05) is 79.8 Å². The van der Waals surface area contributed by atoms with E-state index in [1.54, 1.807) is 0 Å². The van der Waals surface area contributed by atoms with Crippen LogP contribution in [0.4, 0.5) is 0 Å². The summed E-state index contributed by atoms with van der Waals surface area (Å²) in [5, 5.41) is 0.894. The molecule has 0 radical (unpaired) electrons. The van der Waals surface area contributed by atoms with Crippen molar-refractivity contribution in [3.63, 3.8) is 0 Å². The van der Waals surface area contributed by atoms with E-state index in [1.807, 2.05) is 0 Å². The molecule has 1 heteroatoms. The summed E-state index contributed by atoms with van der Waals surface area (Å²) in [5.41, 5.74) is 1.48. The van der Waals surface area contributed by atoms with E-state index in [9.17, 15) is 0 Å². The summed E-state index contributed by atoms with van der Waals surface area (Å²) in [6.07, 6.45) is 2.56. The Labute approximate surface area is 109 Å². The molecule has 0 heterocycles. The SMILES string of the molecule is CC(C)(C)P(CCc1ccccc1)C(C)(C)C. The summed E-state index contributed by atoms with van der Waals surface area (Å²) in [4.78, 5) is 0. The Morgan fingerprint density at radius 1 is 0.824 bits per heavy atom. The van der Waals surface area contributed by atoms with Crippen molar-refractivity contribution in [2.45, 2.75) is 58.3 Å². The van der Waals surface area contributed by atoms with Gasteiger partial charge in [-0.3, -0.25) is 0 Å². The number of rotatable bonds is 3. The third kappa shape index (κ3) is 4.80. The number of hydrogen-bond donors (Lipinski definition) is 0.